The van der Waals surface area contributed by atoms with Gasteiger partial charge in [-0.1, -0.05) is 30.7 Å². The maximum atomic E-state index is 11.5. The number of carbonyl (C=O) groups is 1. The van der Waals surface area contributed by atoms with Crippen molar-refractivity contribution in [3.63, 3.8) is 0 Å². The van der Waals surface area contributed by atoms with Crippen molar-refractivity contribution < 1.29 is 14.6 Å². The van der Waals surface area contributed by atoms with Gasteiger partial charge in [0.15, 0.2) is 0 Å². The summed E-state index contributed by atoms with van der Waals surface area (Å²) in [6, 6.07) is 3.01. The van der Waals surface area contributed by atoms with Crippen molar-refractivity contribution in [3.05, 3.63) is 40.4 Å². The van der Waals surface area contributed by atoms with Crippen molar-refractivity contribution in [2.24, 2.45) is 0 Å². The molecule has 0 radical (unpaired) electrons. The third-order valence-electron chi connectivity index (χ3n) is 2.72. The number of benzene rings is 1. The van der Waals surface area contributed by atoms with Gasteiger partial charge in [0, 0.05) is 16.5 Å². The number of phenolic OH excluding ortho intramolecular Hbond substituents is 1. The summed E-state index contributed by atoms with van der Waals surface area (Å²) >= 11 is 5.92. The smallest absolute Gasteiger partial charge is 0.341 e. The molecule has 1 N–H and O–H groups in total. The molecule has 1 rings (SSSR count). The van der Waals surface area contributed by atoms with Crippen molar-refractivity contribution in [1.82, 2.24) is 0 Å². The second-order valence-electron chi connectivity index (χ2n) is 3.95. The van der Waals surface area contributed by atoms with E-state index in [1.165, 1.54) is 13.2 Å². The van der Waals surface area contributed by atoms with Gasteiger partial charge in [-0.15, -0.1) is 0 Å². The molecule has 0 spiro atoms. The van der Waals surface area contributed by atoms with Gasteiger partial charge < -0.3 is 9.84 Å². The lowest BCUT2D eigenvalue weighted by Gasteiger charge is -2.16. The number of halogens is 1. The van der Waals surface area contributed by atoms with Crippen molar-refractivity contribution >= 4 is 17.6 Å². The Morgan fingerprint density at radius 3 is 2.59 bits per heavy atom. The molecule has 1 atom stereocenters. The van der Waals surface area contributed by atoms with Gasteiger partial charge in [-0.05, 0) is 19.1 Å². The van der Waals surface area contributed by atoms with E-state index in [1.807, 2.05) is 13.8 Å². The molecule has 1 aromatic rings. The van der Waals surface area contributed by atoms with Crippen molar-refractivity contribution in [3.8, 4) is 5.75 Å². The van der Waals surface area contributed by atoms with Crippen LogP contribution in [0, 0.1) is 0 Å². The maximum Gasteiger partial charge on any atom is 0.341 e. The zero-order valence-electron chi connectivity index (χ0n) is 10.1. The Balaban J connectivity index is 3.38. The van der Waals surface area contributed by atoms with Crippen LogP contribution >= 0.6 is 11.6 Å². The topological polar surface area (TPSA) is 46.5 Å². The summed E-state index contributed by atoms with van der Waals surface area (Å²) in [5.41, 5.74) is 1.52. The van der Waals surface area contributed by atoms with E-state index in [-0.39, 0.29) is 17.2 Å². The molecule has 0 fully saturated rings. The number of allylic oxidation sites excluding steroid dienone is 1. The van der Waals surface area contributed by atoms with E-state index in [1.54, 1.807) is 6.07 Å². The Hall–Kier alpha value is -1.48. The molecule has 0 aliphatic carbocycles. The first-order chi connectivity index (χ1) is 7.88. The van der Waals surface area contributed by atoms with Crippen LogP contribution < -0.4 is 0 Å². The minimum atomic E-state index is -0.611. The summed E-state index contributed by atoms with van der Waals surface area (Å²) in [5, 5.41) is 10.4. The van der Waals surface area contributed by atoms with Gasteiger partial charge in [0.25, 0.3) is 0 Å². The first-order valence-corrected chi connectivity index (χ1v) is 5.52. The molecule has 0 aromatic heterocycles. The van der Waals surface area contributed by atoms with Gasteiger partial charge in [-0.2, -0.15) is 0 Å². The van der Waals surface area contributed by atoms with E-state index in [2.05, 4.69) is 11.3 Å². The Morgan fingerprint density at radius 2 is 2.12 bits per heavy atom. The average Bonchev–Trinajstić information content (AvgIpc) is 2.29. The SMILES string of the molecule is C=C(C)C(C)c1cc(Cl)cc(C(=O)OC)c1O. The molecule has 0 saturated heterocycles. The first kappa shape index (κ1) is 13.6. The van der Waals surface area contributed by atoms with E-state index in [0.29, 0.717) is 10.6 Å². The number of hydrogen-bond donors (Lipinski definition) is 1. The lowest BCUT2D eigenvalue weighted by molar-refractivity contribution is 0.0597. The summed E-state index contributed by atoms with van der Waals surface area (Å²) < 4.78 is 4.59. The fourth-order valence-corrected chi connectivity index (χ4v) is 1.71. The predicted octanol–water partition coefficient (Wildman–Crippen LogP) is 3.51. The number of ether oxygens (including phenoxy) is 1. The summed E-state index contributed by atoms with van der Waals surface area (Å²) in [4.78, 5) is 11.5. The van der Waals surface area contributed by atoms with Crippen molar-refractivity contribution in [1.29, 1.82) is 0 Å². The number of carbonyl (C=O) groups excluding carboxylic acids is 1. The number of aromatic hydroxyl groups is 1. The van der Waals surface area contributed by atoms with Crippen LogP contribution in [0.4, 0.5) is 0 Å². The van der Waals surface area contributed by atoms with Gasteiger partial charge in [0.2, 0.25) is 0 Å². The van der Waals surface area contributed by atoms with E-state index < -0.39 is 5.97 Å². The molecule has 0 bridgehead atoms. The molecule has 17 heavy (non-hydrogen) atoms. The van der Waals surface area contributed by atoms with Crippen LogP contribution in [0.5, 0.6) is 5.75 Å². The molecule has 1 unspecified atom stereocenters. The molecule has 0 aliphatic heterocycles. The van der Waals surface area contributed by atoms with Crippen LogP contribution in [0.2, 0.25) is 5.02 Å². The number of rotatable bonds is 3. The summed E-state index contributed by atoms with van der Waals surface area (Å²) in [7, 11) is 1.25. The van der Waals surface area contributed by atoms with Crippen LogP contribution in [0.25, 0.3) is 0 Å². The standard InChI is InChI=1S/C13H15ClO3/c1-7(2)8(3)10-5-9(14)6-11(12(10)15)13(16)17-4/h5-6,8,15H,1H2,2-4H3. The maximum absolute atomic E-state index is 11.5. The zero-order chi connectivity index (χ0) is 13.2. The summed E-state index contributed by atoms with van der Waals surface area (Å²) in [5.74, 6) is -0.797. The number of esters is 1. The number of phenols is 1. The van der Waals surface area contributed by atoms with Crippen LogP contribution in [0.3, 0.4) is 0 Å². The molecular formula is C13H15ClO3. The fraction of sp³-hybridized carbons (Fsp3) is 0.308. The minimum absolute atomic E-state index is 0.0723. The first-order valence-electron chi connectivity index (χ1n) is 5.14. The Bertz CT molecular complexity index is 466. The normalized spacial score (nSPS) is 12.0. The lowest BCUT2D eigenvalue weighted by atomic mass is 9.92. The monoisotopic (exact) mass is 254 g/mol. The highest BCUT2D eigenvalue weighted by Gasteiger charge is 2.20. The summed E-state index contributed by atoms with van der Waals surface area (Å²) in [6.07, 6.45) is 0. The Labute approximate surface area is 106 Å². The van der Waals surface area contributed by atoms with Gasteiger partial charge in [0.05, 0.1) is 7.11 Å². The predicted molar refractivity (Wildman–Crippen MR) is 67.7 cm³/mol. The largest absolute Gasteiger partial charge is 0.507 e. The molecular weight excluding hydrogens is 240 g/mol. The molecule has 1 aromatic carbocycles. The second-order valence-corrected chi connectivity index (χ2v) is 4.39. The molecule has 0 saturated carbocycles. The van der Waals surface area contributed by atoms with E-state index in [0.717, 1.165) is 5.57 Å². The van der Waals surface area contributed by atoms with Crippen molar-refractivity contribution in [2.45, 2.75) is 19.8 Å². The van der Waals surface area contributed by atoms with Gasteiger partial charge in [0.1, 0.15) is 11.3 Å². The lowest BCUT2D eigenvalue weighted by Crippen LogP contribution is -2.05. The van der Waals surface area contributed by atoms with Crippen LogP contribution in [-0.2, 0) is 4.74 Å². The second kappa shape index (κ2) is 5.23. The average molecular weight is 255 g/mol. The minimum Gasteiger partial charge on any atom is -0.507 e. The molecule has 3 nitrogen and oxygen atoms in total. The summed E-state index contributed by atoms with van der Waals surface area (Å²) in [6.45, 7) is 7.56. The fourth-order valence-electron chi connectivity index (χ4n) is 1.48. The molecule has 0 heterocycles. The number of methoxy groups -OCH3 is 1. The van der Waals surface area contributed by atoms with Crippen LogP contribution in [-0.4, -0.2) is 18.2 Å². The van der Waals surface area contributed by atoms with Gasteiger partial charge in [-0.3, -0.25) is 0 Å². The van der Waals surface area contributed by atoms with E-state index in [9.17, 15) is 9.90 Å². The Morgan fingerprint density at radius 1 is 1.53 bits per heavy atom. The van der Waals surface area contributed by atoms with E-state index in [4.69, 9.17) is 11.6 Å². The highest BCUT2D eigenvalue weighted by Crippen LogP contribution is 2.35. The molecule has 92 valence electrons. The Kier molecular flexibility index (Phi) is 4.18. The third-order valence-corrected chi connectivity index (χ3v) is 2.93. The van der Waals surface area contributed by atoms with Crippen LogP contribution in [0.1, 0.15) is 35.7 Å². The quantitative estimate of drug-likeness (QED) is 0.663. The highest BCUT2D eigenvalue weighted by molar-refractivity contribution is 6.31. The van der Waals surface area contributed by atoms with Crippen molar-refractivity contribution in [2.75, 3.05) is 7.11 Å². The van der Waals surface area contributed by atoms with Gasteiger partial charge in [-0.25, -0.2) is 4.79 Å². The zero-order valence-corrected chi connectivity index (χ0v) is 10.8. The molecule has 4 heteroatoms. The molecule has 0 aliphatic rings. The van der Waals surface area contributed by atoms with Crippen LogP contribution in [0.15, 0.2) is 24.3 Å². The number of hydrogen-bond acceptors (Lipinski definition) is 3. The molecule has 0 amide bonds. The van der Waals surface area contributed by atoms with Gasteiger partial charge >= 0.3 is 5.97 Å². The van der Waals surface area contributed by atoms with E-state index >= 15 is 0 Å². The third kappa shape index (κ3) is 2.80. The highest BCUT2D eigenvalue weighted by atomic mass is 35.5.